The van der Waals surface area contributed by atoms with E-state index >= 15 is 0 Å². The highest BCUT2D eigenvalue weighted by molar-refractivity contribution is 4.82. The Labute approximate surface area is 100 Å². The third-order valence-corrected chi connectivity index (χ3v) is 4.15. The lowest BCUT2D eigenvalue weighted by Crippen LogP contribution is -2.40. The van der Waals surface area contributed by atoms with Crippen LogP contribution in [0.1, 0.15) is 26.2 Å². The Morgan fingerprint density at radius 1 is 1.25 bits per heavy atom. The van der Waals surface area contributed by atoms with E-state index in [2.05, 4.69) is 29.1 Å². The van der Waals surface area contributed by atoms with Gasteiger partial charge in [0.25, 0.3) is 0 Å². The predicted octanol–water partition coefficient (Wildman–Crippen LogP) is 1.01. The van der Waals surface area contributed by atoms with Crippen LogP contribution in [0.5, 0.6) is 0 Å². The van der Waals surface area contributed by atoms with Crippen molar-refractivity contribution < 1.29 is 0 Å². The van der Waals surface area contributed by atoms with E-state index in [-0.39, 0.29) is 0 Å². The van der Waals surface area contributed by atoms with E-state index in [1.807, 2.05) is 0 Å². The standard InChI is InChI=1S/C13H27N3/c1-12(10-15-6-3-4-7-15)16-8-5-13(11-16)9-14-2/h12-14H,3-11H2,1-2H3. The molecule has 0 aliphatic carbocycles. The highest BCUT2D eigenvalue weighted by Crippen LogP contribution is 2.19. The largest absolute Gasteiger partial charge is 0.319 e. The van der Waals surface area contributed by atoms with Gasteiger partial charge >= 0.3 is 0 Å². The molecule has 2 aliphatic rings. The van der Waals surface area contributed by atoms with Gasteiger partial charge in [-0.3, -0.25) is 4.90 Å². The van der Waals surface area contributed by atoms with E-state index in [0.29, 0.717) is 0 Å². The average molecular weight is 225 g/mol. The molecule has 0 aromatic heterocycles. The van der Waals surface area contributed by atoms with Crippen molar-refractivity contribution in [3.63, 3.8) is 0 Å². The number of nitrogens with one attached hydrogen (secondary N) is 1. The molecule has 0 saturated carbocycles. The van der Waals surface area contributed by atoms with Gasteiger partial charge in [-0.15, -0.1) is 0 Å². The van der Waals surface area contributed by atoms with Crippen LogP contribution in [0.3, 0.4) is 0 Å². The van der Waals surface area contributed by atoms with E-state index < -0.39 is 0 Å². The molecule has 1 N–H and O–H groups in total. The number of likely N-dealkylation sites (tertiary alicyclic amines) is 2. The van der Waals surface area contributed by atoms with Gasteiger partial charge in [-0.1, -0.05) is 0 Å². The average Bonchev–Trinajstić information content (AvgIpc) is 2.89. The van der Waals surface area contributed by atoms with Gasteiger partial charge in [-0.2, -0.15) is 0 Å². The predicted molar refractivity (Wildman–Crippen MR) is 68.7 cm³/mol. The number of nitrogens with zero attached hydrogens (tertiary/aromatic N) is 2. The van der Waals surface area contributed by atoms with E-state index in [0.717, 1.165) is 12.0 Å². The summed E-state index contributed by atoms with van der Waals surface area (Å²) in [6, 6.07) is 0.750. The fourth-order valence-corrected chi connectivity index (χ4v) is 3.17. The molecule has 94 valence electrons. The molecule has 16 heavy (non-hydrogen) atoms. The van der Waals surface area contributed by atoms with Gasteiger partial charge in [0.05, 0.1) is 0 Å². The molecule has 0 bridgehead atoms. The first kappa shape index (κ1) is 12.3. The summed E-state index contributed by atoms with van der Waals surface area (Å²) in [6.45, 7) is 10.1. The van der Waals surface area contributed by atoms with Gasteiger partial charge in [0.2, 0.25) is 0 Å². The summed E-state index contributed by atoms with van der Waals surface area (Å²) in [6.07, 6.45) is 4.20. The van der Waals surface area contributed by atoms with Gasteiger partial charge in [-0.05, 0) is 65.3 Å². The molecule has 0 radical (unpaired) electrons. The van der Waals surface area contributed by atoms with E-state index in [9.17, 15) is 0 Å². The number of hydrogen-bond acceptors (Lipinski definition) is 3. The third-order valence-electron chi connectivity index (χ3n) is 4.15. The highest BCUT2D eigenvalue weighted by Gasteiger charge is 2.26. The zero-order valence-electron chi connectivity index (χ0n) is 10.9. The lowest BCUT2D eigenvalue weighted by atomic mass is 10.1. The molecule has 2 saturated heterocycles. The van der Waals surface area contributed by atoms with Crippen molar-refractivity contribution in [3.05, 3.63) is 0 Å². The van der Waals surface area contributed by atoms with Crippen LogP contribution in [-0.2, 0) is 0 Å². The van der Waals surface area contributed by atoms with Crippen molar-refractivity contribution in [2.45, 2.75) is 32.2 Å². The van der Waals surface area contributed by atoms with E-state index in [1.54, 1.807) is 0 Å². The van der Waals surface area contributed by atoms with E-state index in [1.165, 1.54) is 58.5 Å². The molecule has 2 unspecified atom stereocenters. The Balaban J connectivity index is 1.71. The lowest BCUT2D eigenvalue weighted by molar-refractivity contribution is 0.186. The summed E-state index contributed by atoms with van der Waals surface area (Å²) in [5.74, 6) is 0.881. The maximum absolute atomic E-state index is 3.31. The molecule has 2 fully saturated rings. The Morgan fingerprint density at radius 3 is 2.69 bits per heavy atom. The minimum atomic E-state index is 0.750. The van der Waals surface area contributed by atoms with Gasteiger partial charge in [0.1, 0.15) is 0 Å². The van der Waals surface area contributed by atoms with Crippen molar-refractivity contribution in [1.82, 2.24) is 15.1 Å². The summed E-state index contributed by atoms with van der Waals surface area (Å²) in [7, 11) is 2.07. The quantitative estimate of drug-likeness (QED) is 0.753. The third kappa shape index (κ3) is 3.19. The van der Waals surface area contributed by atoms with Crippen LogP contribution >= 0.6 is 0 Å². The molecule has 3 heteroatoms. The van der Waals surface area contributed by atoms with Crippen molar-refractivity contribution in [1.29, 1.82) is 0 Å². The molecule has 0 spiro atoms. The molecular formula is C13H27N3. The first-order chi connectivity index (χ1) is 7.79. The van der Waals surface area contributed by atoms with Crippen LogP contribution in [0, 0.1) is 5.92 Å². The highest BCUT2D eigenvalue weighted by atomic mass is 15.2. The first-order valence-corrected chi connectivity index (χ1v) is 6.90. The van der Waals surface area contributed by atoms with Crippen molar-refractivity contribution in [3.8, 4) is 0 Å². The van der Waals surface area contributed by atoms with E-state index in [4.69, 9.17) is 0 Å². The molecular weight excluding hydrogens is 198 g/mol. The second kappa shape index (κ2) is 5.99. The molecule has 3 nitrogen and oxygen atoms in total. The minimum Gasteiger partial charge on any atom is -0.319 e. The van der Waals surface area contributed by atoms with Crippen LogP contribution in [-0.4, -0.2) is 62.2 Å². The monoisotopic (exact) mass is 225 g/mol. The van der Waals surface area contributed by atoms with Crippen molar-refractivity contribution in [2.24, 2.45) is 5.92 Å². The first-order valence-electron chi connectivity index (χ1n) is 6.90. The van der Waals surface area contributed by atoms with Crippen molar-refractivity contribution >= 4 is 0 Å². The van der Waals surface area contributed by atoms with Crippen LogP contribution in [0.25, 0.3) is 0 Å². The number of rotatable bonds is 5. The van der Waals surface area contributed by atoms with Crippen LogP contribution in [0.15, 0.2) is 0 Å². The lowest BCUT2D eigenvalue weighted by Gasteiger charge is -2.28. The Morgan fingerprint density at radius 2 is 2.00 bits per heavy atom. The second-order valence-corrected chi connectivity index (χ2v) is 5.56. The zero-order chi connectivity index (χ0) is 11.4. The summed E-state index contributed by atoms with van der Waals surface area (Å²) < 4.78 is 0. The fourth-order valence-electron chi connectivity index (χ4n) is 3.17. The van der Waals surface area contributed by atoms with Crippen molar-refractivity contribution in [2.75, 3.05) is 46.3 Å². The van der Waals surface area contributed by atoms with Gasteiger partial charge in [0.15, 0.2) is 0 Å². The molecule has 2 heterocycles. The normalized spacial score (nSPS) is 30.0. The SMILES string of the molecule is CNCC1CCN(C(C)CN2CCCC2)C1. The Kier molecular flexibility index (Phi) is 4.62. The fraction of sp³-hybridized carbons (Fsp3) is 1.00. The molecule has 2 atom stereocenters. The second-order valence-electron chi connectivity index (χ2n) is 5.56. The molecule has 0 aromatic rings. The van der Waals surface area contributed by atoms with Gasteiger partial charge in [0, 0.05) is 19.1 Å². The maximum Gasteiger partial charge on any atom is 0.0195 e. The summed E-state index contributed by atoms with van der Waals surface area (Å²) in [5.41, 5.74) is 0. The topological polar surface area (TPSA) is 18.5 Å². The number of hydrogen-bond donors (Lipinski definition) is 1. The minimum absolute atomic E-state index is 0.750. The van der Waals surface area contributed by atoms with Crippen LogP contribution in [0.2, 0.25) is 0 Å². The Hall–Kier alpha value is -0.120. The van der Waals surface area contributed by atoms with Gasteiger partial charge < -0.3 is 10.2 Å². The maximum atomic E-state index is 3.31. The smallest absolute Gasteiger partial charge is 0.0195 e. The molecule has 2 rings (SSSR count). The summed E-state index contributed by atoms with van der Waals surface area (Å²) in [5, 5.41) is 3.31. The van der Waals surface area contributed by atoms with Crippen LogP contribution in [0.4, 0.5) is 0 Å². The molecule has 2 aliphatic heterocycles. The molecule has 0 amide bonds. The summed E-state index contributed by atoms with van der Waals surface area (Å²) >= 11 is 0. The molecule has 0 aromatic carbocycles. The zero-order valence-corrected chi connectivity index (χ0v) is 10.9. The Bertz CT molecular complexity index is 201. The van der Waals surface area contributed by atoms with Crippen LogP contribution < -0.4 is 5.32 Å². The summed E-state index contributed by atoms with van der Waals surface area (Å²) in [4.78, 5) is 5.32. The van der Waals surface area contributed by atoms with Gasteiger partial charge in [-0.25, -0.2) is 0 Å².